The van der Waals surface area contributed by atoms with Crippen LogP contribution < -0.4 is 15.4 Å². The van der Waals surface area contributed by atoms with E-state index in [-0.39, 0.29) is 17.7 Å². The number of nitrogens with zero attached hydrogens (tertiary/aromatic N) is 2. The highest BCUT2D eigenvalue weighted by Gasteiger charge is 2.31. The van der Waals surface area contributed by atoms with Crippen molar-refractivity contribution in [3.8, 4) is 5.75 Å². The summed E-state index contributed by atoms with van der Waals surface area (Å²) >= 11 is 2.87. The number of aromatic nitrogens is 2. The van der Waals surface area contributed by atoms with Crippen molar-refractivity contribution in [3.05, 3.63) is 64.7 Å². The summed E-state index contributed by atoms with van der Waals surface area (Å²) in [5.74, 6) is 0.101. The Labute approximate surface area is 198 Å². The van der Waals surface area contributed by atoms with Gasteiger partial charge in [-0.3, -0.25) is 14.9 Å². The van der Waals surface area contributed by atoms with E-state index in [2.05, 4.69) is 20.6 Å². The Hall–Kier alpha value is -3.30. The monoisotopic (exact) mass is 478 g/mol. The summed E-state index contributed by atoms with van der Waals surface area (Å²) in [4.78, 5) is 35.8. The minimum Gasteiger partial charge on any atom is -0.494 e. The molecule has 1 aliphatic carbocycles. The number of hydrogen-bond donors (Lipinski definition) is 2. The fraction of sp³-hybridized carbons (Fsp3) is 0.250. The number of benzene rings is 2. The average Bonchev–Trinajstić information content (AvgIpc) is 3.42. The van der Waals surface area contributed by atoms with Crippen LogP contribution in [0.15, 0.2) is 48.5 Å². The number of thiazole rings is 2. The molecule has 0 saturated carbocycles. The Morgan fingerprint density at radius 2 is 1.88 bits per heavy atom. The third-order valence-corrected chi connectivity index (χ3v) is 7.41. The van der Waals surface area contributed by atoms with Gasteiger partial charge in [0.2, 0.25) is 5.91 Å². The molecule has 9 heteroatoms. The molecule has 7 nitrogen and oxygen atoms in total. The zero-order valence-electron chi connectivity index (χ0n) is 18.0. The summed E-state index contributed by atoms with van der Waals surface area (Å²) in [6, 6.07) is 14.7. The lowest BCUT2D eigenvalue weighted by Gasteiger charge is -2.19. The average molecular weight is 479 g/mol. The molecule has 0 bridgehead atoms. The van der Waals surface area contributed by atoms with Crippen LogP contribution in [0.2, 0.25) is 0 Å². The van der Waals surface area contributed by atoms with Gasteiger partial charge in [-0.25, -0.2) is 9.97 Å². The summed E-state index contributed by atoms with van der Waals surface area (Å²) < 4.78 is 6.51. The van der Waals surface area contributed by atoms with Crippen molar-refractivity contribution in [3.63, 3.8) is 0 Å². The molecule has 1 atom stereocenters. The molecular weight excluding hydrogens is 456 g/mol. The molecule has 1 unspecified atom stereocenters. The molecule has 5 rings (SSSR count). The Morgan fingerprint density at radius 3 is 2.70 bits per heavy atom. The number of hydrogen-bond acceptors (Lipinski definition) is 7. The highest BCUT2D eigenvalue weighted by atomic mass is 32.1. The molecule has 0 saturated heterocycles. The zero-order chi connectivity index (χ0) is 22.8. The van der Waals surface area contributed by atoms with Gasteiger partial charge in [0.1, 0.15) is 5.75 Å². The summed E-state index contributed by atoms with van der Waals surface area (Å²) in [6.45, 7) is 2.54. The van der Waals surface area contributed by atoms with Gasteiger partial charge in [-0.2, -0.15) is 0 Å². The first-order valence-corrected chi connectivity index (χ1v) is 12.4. The summed E-state index contributed by atoms with van der Waals surface area (Å²) in [7, 11) is 0. The molecule has 0 radical (unpaired) electrons. The molecule has 4 aromatic rings. The highest BCUT2D eigenvalue weighted by molar-refractivity contribution is 7.22. The molecule has 2 aromatic heterocycles. The van der Waals surface area contributed by atoms with E-state index in [1.165, 1.54) is 22.7 Å². The molecule has 0 aliphatic heterocycles. The lowest BCUT2D eigenvalue weighted by Crippen LogP contribution is -2.24. The quantitative estimate of drug-likeness (QED) is 0.384. The third kappa shape index (κ3) is 4.60. The number of carbonyl (C=O) groups excluding carboxylic acids is 2. The molecule has 33 heavy (non-hydrogen) atoms. The lowest BCUT2D eigenvalue weighted by molar-refractivity contribution is -0.117. The van der Waals surface area contributed by atoms with E-state index in [4.69, 9.17) is 4.74 Å². The second-order valence-corrected chi connectivity index (χ2v) is 9.78. The van der Waals surface area contributed by atoms with Crippen molar-refractivity contribution in [2.45, 2.75) is 32.1 Å². The number of rotatable bonds is 6. The molecule has 2 amide bonds. The van der Waals surface area contributed by atoms with Crippen molar-refractivity contribution >= 4 is 55.0 Å². The van der Waals surface area contributed by atoms with Gasteiger partial charge in [-0.1, -0.05) is 29.5 Å². The van der Waals surface area contributed by atoms with Crippen molar-refractivity contribution in [2.75, 3.05) is 17.2 Å². The lowest BCUT2D eigenvalue weighted by atomic mass is 9.90. The van der Waals surface area contributed by atoms with Crippen LogP contribution in [-0.2, 0) is 11.2 Å². The maximum Gasteiger partial charge on any atom is 0.257 e. The second-order valence-electron chi connectivity index (χ2n) is 7.66. The van der Waals surface area contributed by atoms with Crippen LogP contribution in [0.1, 0.15) is 46.6 Å². The van der Waals surface area contributed by atoms with Gasteiger partial charge in [-0.05, 0) is 56.5 Å². The van der Waals surface area contributed by atoms with Gasteiger partial charge in [0, 0.05) is 10.4 Å². The molecule has 2 aromatic carbocycles. The number of aryl methyl sites for hydroxylation is 1. The van der Waals surface area contributed by atoms with Gasteiger partial charge in [0.05, 0.1) is 28.4 Å². The number of carbonyl (C=O) groups is 2. The normalized spacial score (nSPS) is 15.1. The van der Waals surface area contributed by atoms with E-state index in [0.29, 0.717) is 28.9 Å². The van der Waals surface area contributed by atoms with Gasteiger partial charge in [0.25, 0.3) is 5.91 Å². The Morgan fingerprint density at radius 1 is 1.06 bits per heavy atom. The number of ether oxygens (including phenoxy) is 1. The largest absolute Gasteiger partial charge is 0.494 e. The first-order chi connectivity index (χ1) is 16.1. The molecular formula is C24H22N4O3S2. The maximum absolute atomic E-state index is 13.1. The standard InChI is InChI=1S/C24H22N4O3S2/c1-2-31-15-11-12-17-19(13-15)33-23(25-17)28-22(30)16-9-6-10-18-20(16)26-24(32-18)27-21(29)14-7-4-3-5-8-14/h3-5,7-8,11-13,16H,2,6,9-10H2,1H3,(H,25,28,30)(H,26,27,29). The SMILES string of the molecule is CCOc1ccc2nc(NC(=O)C3CCCc4sc(NC(=O)c5ccccc5)nc43)sc2c1. The van der Waals surface area contributed by atoms with Gasteiger partial charge < -0.3 is 10.1 Å². The number of amides is 2. The van der Waals surface area contributed by atoms with Crippen LogP contribution in [0.25, 0.3) is 10.2 Å². The smallest absolute Gasteiger partial charge is 0.257 e. The van der Waals surface area contributed by atoms with Crippen molar-refractivity contribution in [1.29, 1.82) is 0 Å². The van der Waals surface area contributed by atoms with Crippen LogP contribution in [0.4, 0.5) is 10.3 Å². The maximum atomic E-state index is 13.1. The number of fused-ring (bicyclic) bond motifs is 2. The van der Waals surface area contributed by atoms with Crippen LogP contribution in [-0.4, -0.2) is 28.4 Å². The van der Waals surface area contributed by atoms with E-state index in [1.54, 1.807) is 12.1 Å². The summed E-state index contributed by atoms with van der Waals surface area (Å²) in [5, 5.41) is 6.93. The fourth-order valence-corrected chi connectivity index (χ4v) is 5.85. The van der Waals surface area contributed by atoms with E-state index in [0.717, 1.165) is 39.4 Å². The molecule has 2 N–H and O–H groups in total. The Balaban J connectivity index is 1.32. The third-order valence-electron chi connectivity index (χ3n) is 5.43. The van der Waals surface area contributed by atoms with Gasteiger partial charge in [0.15, 0.2) is 10.3 Å². The topological polar surface area (TPSA) is 93.2 Å². The molecule has 0 spiro atoms. The molecule has 1 aliphatic rings. The number of nitrogens with one attached hydrogen (secondary N) is 2. The Kier molecular flexibility index (Phi) is 6.06. The van der Waals surface area contributed by atoms with Crippen LogP contribution in [0.5, 0.6) is 5.75 Å². The summed E-state index contributed by atoms with van der Waals surface area (Å²) in [5.41, 5.74) is 2.15. The van der Waals surface area contributed by atoms with Crippen molar-refractivity contribution in [1.82, 2.24) is 9.97 Å². The predicted octanol–water partition coefficient (Wildman–Crippen LogP) is 5.46. The van der Waals surface area contributed by atoms with Crippen LogP contribution in [0.3, 0.4) is 0 Å². The Bertz CT molecular complexity index is 1320. The van der Waals surface area contributed by atoms with Gasteiger partial charge in [-0.15, -0.1) is 11.3 Å². The van der Waals surface area contributed by atoms with Crippen molar-refractivity contribution in [2.24, 2.45) is 0 Å². The van der Waals surface area contributed by atoms with Crippen LogP contribution >= 0.6 is 22.7 Å². The number of anilines is 2. The summed E-state index contributed by atoms with van der Waals surface area (Å²) in [6.07, 6.45) is 2.48. The van der Waals surface area contributed by atoms with Gasteiger partial charge >= 0.3 is 0 Å². The second kappa shape index (κ2) is 9.29. The first-order valence-electron chi connectivity index (χ1n) is 10.8. The van der Waals surface area contributed by atoms with E-state index < -0.39 is 0 Å². The van der Waals surface area contributed by atoms with Crippen LogP contribution in [0, 0.1) is 0 Å². The highest BCUT2D eigenvalue weighted by Crippen LogP contribution is 2.38. The molecule has 2 heterocycles. The molecule has 168 valence electrons. The van der Waals surface area contributed by atoms with E-state index >= 15 is 0 Å². The van der Waals surface area contributed by atoms with E-state index in [1.807, 2.05) is 43.3 Å². The minimum atomic E-state index is -0.363. The zero-order valence-corrected chi connectivity index (χ0v) is 19.6. The fourth-order valence-electron chi connectivity index (χ4n) is 3.89. The van der Waals surface area contributed by atoms with E-state index in [9.17, 15) is 9.59 Å². The van der Waals surface area contributed by atoms with Crippen molar-refractivity contribution < 1.29 is 14.3 Å². The first kappa shape index (κ1) is 21.5. The minimum absolute atomic E-state index is 0.119. The molecule has 0 fully saturated rings. The predicted molar refractivity (Wildman–Crippen MR) is 132 cm³/mol.